The van der Waals surface area contributed by atoms with Gasteiger partial charge in [0.1, 0.15) is 5.69 Å². The molecular formula is C14H14N6O2. The Labute approximate surface area is 126 Å². The maximum absolute atomic E-state index is 11.1. The quantitative estimate of drug-likeness (QED) is 0.293. The number of nitrogens with zero attached hydrogens (tertiary/aromatic N) is 4. The number of nitrogens with two attached hydrogens (primary N) is 2. The van der Waals surface area contributed by atoms with E-state index < -0.39 is 4.92 Å². The number of para-hydroxylation sites is 2. The Balaban J connectivity index is 2.33. The Morgan fingerprint density at radius 2 is 2.05 bits per heavy atom. The van der Waals surface area contributed by atoms with E-state index in [4.69, 9.17) is 11.6 Å². The van der Waals surface area contributed by atoms with Crippen LogP contribution in [0.2, 0.25) is 0 Å². The van der Waals surface area contributed by atoms with Crippen molar-refractivity contribution in [3.63, 3.8) is 0 Å². The predicted octanol–water partition coefficient (Wildman–Crippen LogP) is 1.66. The maximum Gasteiger partial charge on any atom is 0.293 e. The van der Waals surface area contributed by atoms with Crippen LogP contribution in [-0.2, 0) is 0 Å². The van der Waals surface area contributed by atoms with Crippen molar-refractivity contribution in [2.24, 2.45) is 21.7 Å². The van der Waals surface area contributed by atoms with E-state index in [1.165, 1.54) is 12.3 Å². The van der Waals surface area contributed by atoms with E-state index in [-0.39, 0.29) is 11.6 Å². The summed E-state index contributed by atoms with van der Waals surface area (Å²) in [6.07, 6.45) is 6.56. The highest BCUT2D eigenvalue weighted by molar-refractivity contribution is 5.91. The molecule has 2 rings (SSSR count). The van der Waals surface area contributed by atoms with Gasteiger partial charge in [-0.15, -0.1) is 5.10 Å². The number of rotatable bonds is 4. The van der Waals surface area contributed by atoms with Gasteiger partial charge in [-0.1, -0.05) is 12.1 Å². The standard InChI is InChI=1S/C14H14N6O2/c15-14(18-16)17-9-3-5-11-6-4-10-19(11)12-7-1-2-8-13(12)20(21)22/h1-10H,16H2,(H2,15,18)/b5-3+,17-9?. The molecule has 0 aliphatic carbocycles. The molecule has 22 heavy (non-hydrogen) atoms. The molecule has 0 aliphatic heterocycles. The Bertz CT molecular complexity index is 760. The van der Waals surface area contributed by atoms with Gasteiger partial charge in [0.05, 0.1) is 4.92 Å². The number of allylic oxidation sites excluding steroid dienone is 1. The second kappa shape index (κ2) is 6.84. The molecule has 8 heteroatoms. The van der Waals surface area contributed by atoms with Crippen LogP contribution < -0.4 is 11.6 Å². The van der Waals surface area contributed by atoms with E-state index in [0.717, 1.165) is 5.69 Å². The first kappa shape index (κ1) is 15.0. The predicted molar refractivity (Wildman–Crippen MR) is 85.8 cm³/mol. The number of hydrazone groups is 1. The fourth-order valence-electron chi connectivity index (χ4n) is 1.87. The van der Waals surface area contributed by atoms with Crippen molar-refractivity contribution in [3.8, 4) is 5.69 Å². The number of aromatic nitrogens is 1. The summed E-state index contributed by atoms with van der Waals surface area (Å²) in [5.74, 6) is 4.91. The molecule has 0 saturated heterocycles. The van der Waals surface area contributed by atoms with Crippen molar-refractivity contribution >= 4 is 23.9 Å². The molecule has 1 heterocycles. The normalized spacial score (nSPS) is 12.3. The van der Waals surface area contributed by atoms with E-state index in [1.54, 1.807) is 47.2 Å². The third-order valence-electron chi connectivity index (χ3n) is 2.81. The van der Waals surface area contributed by atoms with E-state index in [9.17, 15) is 10.1 Å². The molecule has 0 bridgehead atoms. The average Bonchev–Trinajstić information content (AvgIpc) is 2.99. The molecule has 0 unspecified atom stereocenters. The van der Waals surface area contributed by atoms with Crippen LogP contribution in [0.15, 0.2) is 58.8 Å². The highest BCUT2D eigenvalue weighted by atomic mass is 16.6. The number of nitro groups is 1. The first-order chi connectivity index (χ1) is 10.6. The molecule has 0 saturated carbocycles. The third kappa shape index (κ3) is 3.37. The summed E-state index contributed by atoms with van der Waals surface area (Å²) in [5, 5.41) is 14.3. The number of benzene rings is 1. The molecule has 1 aromatic carbocycles. The van der Waals surface area contributed by atoms with E-state index >= 15 is 0 Å². The van der Waals surface area contributed by atoms with E-state index in [2.05, 4.69) is 10.1 Å². The number of aliphatic imine (C=N–C) groups is 1. The summed E-state index contributed by atoms with van der Waals surface area (Å²) in [5.41, 5.74) is 6.59. The first-order valence-corrected chi connectivity index (χ1v) is 6.28. The number of nitro benzene ring substituents is 1. The minimum absolute atomic E-state index is 0.0292. The zero-order valence-electron chi connectivity index (χ0n) is 11.5. The second-order valence-corrected chi connectivity index (χ2v) is 4.17. The van der Waals surface area contributed by atoms with Crippen molar-refractivity contribution in [3.05, 3.63) is 64.5 Å². The van der Waals surface area contributed by atoms with Gasteiger partial charge in [-0.25, -0.2) is 4.99 Å². The Morgan fingerprint density at radius 1 is 1.27 bits per heavy atom. The van der Waals surface area contributed by atoms with Crippen LogP contribution in [0.5, 0.6) is 0 Å². The van der Waals surface area contributed by atoms with Gasteiger partial charge in [-0.3, -0.25) is 10.1 Å². The summed E-state index contributed by atoms with van der Waals surface area (Å²) in [4.78, 5) is 14.5. The highest BCUT2D eigenvalue weighted by Gasteiger charge is 2.14. The Kier molecular flexibility index (Phi) is 4.66. The summed E-state index contributed by atoms with van der Waals surface area (Å²) < 4.78 is 1.71. The lowest BCUT2D eigenvalue weighted by Crippen LogP contribution is -2.10. The van der Waals surface area contributed by atoms with Gasteiger partial charge < -0.3 is 16.1 Å². The summed E-state index contributed by atoms with van der Waals surface area (Å²) in [7, 11) is 0. The van der Waals surface area contributed by atoms with Gasteiger partial charge in [0, 0.05) is 24.2 Å². The molecule has 0 radical (unpaired) electrons. The number of hydrogen-bond donors (Lipinski definition) is 2. The molecule has 0 amide bonds. The van der Waals surface area contributed by atoms with Crippen LogP contribution >= 0.6 is 0 Å². The van der Waals surface area contributed by atoms with Gasteiger partial charge in [-0.05, 0) is 30.4 Å². The molecule has 0 spiro atoms. The minimum Gasteiger partial charge on any atom is -0.367 e. The lowest BCUT2D eigenvalue weighted by Gasteiger charge is -2.06. The largest absolute Gasteiger partial charge is 0.367 e. The minimum atomic E-state index is -0.414. The molecule has 2 aromatic rings. The van der Waals surface area contributed by atoms with Gasteiger partial charge in [0.15, 0.2) is 0 Å². The first-order valence-electron chi connectivity index (χ1n) is 6.28. The van der Waals surface area contributed by atoms with Gasteiger partial charge in [0.2, 0.25) is 5.96 Å². The van der Waals surface area contributed by atoms with Crippen LogP contribution in [0.3, 0.4) is 0 Å². The van der Waals surface area contributed by atoms with E-state index in [1.807, 2.05) is 6.07 Å². The fourth-order valence-corrected chi connectivity index (χ4v) is 1.87. The van der Waals surface area contributed by atoms with Crippen LogP contribution in [-0.4, -0.2) is 21.7 Å². The van der Waals surface area contributed by atoms with E-state index in [0.29, 0.717) is 5.69 Å². The van der Waals surface area contributed by atoms with Crippen LogP contribution in [0, 0.1) is 10.1 Å². The highest BCUT2D eigenvalue weighted by Crippen LogP contribution is 2.24. The SMILES string of the molecule is NN=C(N)N=C/C=C/c1cccn1-c1ccccc1[N+](=O)[O-]. The van der Waals surface area contributed by atoms with Crippen molar-refractivity contribution < 1.29 is 4.92 Å². The van der Waals surface area contributed by atoms with Crippen molar-refractivity contribution in [2.45, 2.75) is 0 Å². The molecule has 1 aromatic heterocycles. The van der Waals surface area contributed by atoms with Gasteiger partial charge in [-0.2, -0.15) is 0 Å². The van der Waals surface area contributed by atoms with Crippen LogP contribution in [0.1, 0.15) is 5.69 Å². The third-order valence-corrected chi connectivity index (χ3v) is 2.81. The van der Waals surface area contributed by atoms with Gasteiger partial charge in [0.25, 0.3) is 5.69 Å². The summed E-state index contributed by atoms with van der Waals surface area (Å²) >= 11 is 0. The molecule has 8 nitrogen and oxygen atoms in total. The maximum atomic E-state index is 11.1. The Morgan fingerprint density at radius 3 is 2.77 bits per heavy atom. The zero-order chi connectivity index (χ0) is 15.9. The lowest BCUT2D eigenvalue weighted by atomic mass is 10.2. The van der Waals surface area contributed by atoms with Crippen molar-refractivity contribution in [2.75, 3.05) is 0 Å². The molecule has 0 atom stereocenters. The van der Waals surface area contributed by atoms with Crippen molar-refractivity contribution in [1.29, 1.82) is 0 Å². The summed E-state index contributed by atoms with van der Waals surface area (Å²) in [6.45, 7) is 0. The second-order valence-electron chi connectivity index (χ2n) is 4.17. The molecular weight excluding hydrogens is 284 g/mol. The van der Waals surface area contributed by atoms with Crippen LogP contribution in [0.25, 0.3) is 11.8 Å². The molecule has 0 aliphatic rings. The van der Waals surface area contributed by atoms with Crippen LogP contribution in [0.4, 0.5) is 5.69 Å². The number of hydrogen-bond acceptors (Lipinski definition) is 4. The number of guanidine groups is 1. The lowest BCUT2D eigenvalue weighted by molar-refractivity contribution is -0.384. The fraction of sp³-hybridized carbons (Fsp3) is 0. The average molecular weight is 298 g/mol. The van der Waals surface area contributed by atoms with Crippen molar-refractivity contribution in [1.82, 2.24) is 4.57 Å². The Hall–Kier alpha value is -3.42. The topological polar surface area (TPSA) is 125 Å². The monoisotopic (exact) mass is 298 g/mol. The smallest absolute Gasteiger partial charge is 0.293 e. The zero-order valence-corrected chi connectivity index (χ0v) is 11.5. The molecule has 112 valence electrons. The van der Waals surface area contributed by atoms with Gasteiger partial charge >= 0.3 is 0 Å². The summed E-state index contributed by atoms with van der Waals surface area (Å²) in [6, 6.07) is 10.1. The molecule has 4 N–H and O–H groups in total. The molecule has 0 fully saturated rings.